The van der Waals surface area contributed by atoms with Crippen molar-refractivity contribution in [2.45, 2.75) is 6.92 Å². The van der Waals surface area contributed by atoms with Crippen LogP contribution in [0.2, 0.25) is 0 Å². The van der Waals surface area contributed by atoms with Crippen molar-refractivity contribution in [2.75, 3.05) is 5.32 Å². The Morgan fingerprint density at radius 3 is 2.55 bits per heavy atom. The lowest BCUT2D eigenvalue weighted by Gasteiger charge is -2.03. The van der Waals surface area contributed by atoms with Gasteiger partial charge in [-0.2, -0.15) is 0 Å². The number of anilines is 2. The van der Waals surface area contributed by atoms with Crippen LogP contribution in [-0.2, 0) is 0 Å². The van der Waals surface area contributed by atoms with Gasteiger partial charge in [0.25, 0.3) is 0 Å². The Morgan fingerprint density at radius 2 is 1.86 bits per heavy atom. The molecule has 1 aromatic heterocycles. The van der Waals surface area contributed by atoms with E-state index in [4.69, 9.17) is 0 Å². The minimum atomic E-state index is -0.287. The summed E-state index contributed by atoms with van der Waals surface area (Å²) in [7, 11) is 0. The van der Waals surface area contributed by atoms with E-state index in [1.54, 1.807) is 30.3 Å². The van der Waals surface area contributed by atoms with Crippen molar-refractivity contribution in [1.82, 2.24) is 4.98 Å². The van der Waals surface area contributed by atoms with E-state index in [1.165, 1.54) is 24.3 Å². The standard InChI is InChI=1S/C17H13FN2OS/c1-11(21)12-6-8-13(9-7-12)19-17-20-16(10-22-17)14-4-2-3-5-15(14)18/h2-10H,1H3,(H,19,20). The summed E-state index contributed by atoms with van der Waals surface area (Å²) < 4.78 is 13.7. The van der Waals surface area contributed by atoms with Crippen LogP contribution in [0.3, 0.4) is 0 Å². The molecular formula is C17H13FN2OS. The first-order chi connectivity index (χ1) is 10.6. The second-order valence-electron chi connectivity index (χ2n) is 4.78. The van der Waals surface area contributed by atoms with E-state index in [0.717, 1.165) is 5.69 Å². The number of rotatable bonds is 4. The fourth-order valence-corrected chi connectivity index (χ4v) is 2.77. The topological polar surface area (TPSA) is 42.0 Å². The highest BCUT2D eigenvalue weighted by atomic mass is 32.1. The van der Waals surface area contributed by atoms with Crippen LogP contribution in [0.4, 0.5) is 15.2 Å². The molecule has 1 heterocycles. The summed E-state index contributed by atoms with van der Waals surface area (Å²) >= 11 is 1.40. The third-order valence-electron chi connectivity index (χ3n) is 3.20. The first-order valence-electron chi connectivity index (χ1n) is 6.72. The van der Waals surface area contributed by atoms with Gasteiger partial charge < -0.3 is 5.32 Å². The molecule has 0 bridgehead atoms. The van der Waals surface area contributed by atoms with Gasteiger partial charge in [0.05, 0.1) is 5.69 Å². The Kier molecular flexibility index (Phi) is 3.98. The van der Waals surface area contributed by atoms with Gasteiger partial charge in [-0.05, 0) is 43.3 Å². The van der Waals surface area contributed by atoms with Gasteiger partial charge in [0.15, 0.2) is 10.9 Å². The number of carbonyl (C=O) groups is 1. The molecule has 3 rings (SSSR count). The molecule has 0 saturated heterocycles. The molecule has 0 aliphatic rings. The fourth-order valence-electron chi connectivity index (χ4n) is 2.04. The molecule has 3 nitrogen and oxygen atoms in total. The van der Waals surface area contributed by atoms with Crippen LogP contribution in [0.25, 0.3) is 11.3 Å². The number of hydrogen-bond donors (Lipinski definition) is 1. The summed E-state index contributed by atoms with van der Waals surface area (Å²) in [5.74, 6) is -0.257. The number of hydrogen-bond acceptors (Lipinski definition) is 4. The van der Waals surface area contributed by atoms with Crippen molar-refractivity contribution >= 4 is 27.9 Å². The molecule has 3 aromatic rings. The van der Waals surface area contributed by atoms with Crippen LogP contribution in [0.5, 0.6) is 0 Å². The molecule has 0 aliphatic heterocycles. The maximum absolute atomic E-state index is 13.7. The van der Waals surface area contributed by atoms with E-state index >= 15 is 0 Å². The van der Waals surface area contributed by atoms with E-state index in [2.05, 4.69) is 10.3 Å². The number of halogens is 1. The second kappa shape index (κ2) is 6.07. The number of Topliss-reactive ketones (excluding diaryl/α,β-unsaturated/α-hetero) is 1. The van der Waals surface area contributed by atoms with Crippen molar-refractivity contribution in [1.29, 1.82) is 0 Å². The maximum atomic E-state index is 13.7. The predicted molar refractivity (Wildman–Crippen MR) is 87.2 cm³/mol. The highest BCUT2D eigenvalue weighted by molar-refractivity contribution is 7.14. The molecule has 0 atom stereocenters. The third-order valence-corrected chi connectivity index (χ3v) is 3.95. The highest BCUT2D eigenvalue weighted by Gasteiger charge is 2.09. The first-order valence-corrected chi connectivity index (χ1v) is 7.60. The Morgan fingerprint density at radius 1 is 1.14 bits per heavy atom. The lowest BCUT2D eigenvalue weighted by molar-refractivity contribution is 0.101. The minimum Gasteiger partial charge on any atom is -0.332 e. The lowest BCUT2D eigenvalue weighted by Crippen LogP contribution is -1.94. The highest BCUT2D eigenvalue weighted by Crippen LogP contribution is 2.28. The van der Waals surface area contributed by atoms with E-state index in [1.807, 2.05) is 17.5 Å². The Balaban J connectivity index is 1.80. The zero-order valence-electron chi connectivity index (χ0n) is 11.8. The van der Waals surface area contributed by atoms with Gasteiger partial charge in [0.1, 0.15) is 5.82 Å². The Bertz CT molecular complexity index is 812. The Labute approximate surface area is 131 Å². The van der Waals surface area contributed by atoms with Gasteiger partial charge in [-0.25, -0.2) is 9.37 Å². The van der Waals surface area contributed by atoms with Gasteiger partial charge in [0.2, 0.25) is 0 Å². The van der Waals surface area contributed by atoms with E-state index in [0.29, 0.717) is 22.0 Å². The zero-order valence-corrected chi connectivity index (χ0v) is 12.7. The third kappa shape index (κ3) is 3.04. The van der Waals surface area contributed by atoms with Crippen molar-refractivity contribution < 1.29 is 9.18 Å². The number of benzene rings is 2. The van der Waals surface area contributed by atoms with Gasteiger partial charge in [-0.3, -0.25) is 4.79 Å². The summed E-state index contributed by atoms with van der Waals surface area (Å²) in [5, 5.41) is 5.64. The molecule has 0 radical (unpaired) electrons. The van der Waals surface area contributed by atoms with E-state index in [-0.39, 0.29) is 11.6 Å². The van der Waals surface area contributed by atoms with Crippen LogP contribution >= 0.6 is 11.3 Å². The monoisotopic (exact) mass is 312 g/mol. The van der Waals surface area contributed by atoms with Crippen molar-refractivity contribution in [2.24, 2.45) is 0 Å². The zero-order chi connectivity index (χ0) is 15.5. The molecule has 0 fully saturated rings. The van der Waals surface area contributed by atoms with Crippen LogP contribution < -0.4 is 5.32 Å². The van der Waals surface area contributed by atoms with Gasteiger partial charge >= 0.3 is 0 Å². The average Bonchev–Trinajstić information content (AvgIpc) is 2.96. The molecule has 0 unspecified atom stereocenters. The van der Waals surface area contributed by atoms with Crippen molar-refractivity contribution in [3.63, 3.8) is 0 Å². The second-order valence-corrected chi connectivity index (χ2v) is 5.63. The summed E-state index contributed by atoms with van der Waals surface area (Å²) in [6.07, 6.45) is 0. The average molecular weight is 312 g/mol. The number of nitrogens with one attached hydrogen (secondary N) is 1. The number of carbonyl (C=O) groups excluding carboxylic acids is 1. The number of ketones is 1. The van der Waals surface area contributed by atoms with Gasteiger partial charge in [-0.1, -0.05) is 12.1 Å². The number of thiazole rings is 1. The summed E-state index contributed by atoms with van der Waals surface area (Å²) in [5.41, 5.74) is 2.58. The van der Waals surface area contributed by atoms with Crippen LogP contribution in [0.1, 0.15) is 17.3 Å². The number of nitrogens with zero attached hydrogens (tertiary/aromatic N) is 1. The van der Waals surface area contributed by atoms with Crippen LogP contribution in [0, 0.1) is 5.82 Å². The largest absolute Gasteiger partial charge is 0.332 e. The molecule has 22 heavy (non-hydrogen) atoms. The molecule has 0 amide bonds. The summed E-state index contributed by atoms with van der Waals surface area (Å²) in [4.78, 5) is 15.6. The number of aromatic nitrogens is 1. The minimum absolute atomic E-state index is 0.0302. The molecule has 2 aromatic carbocycles. The molecule has 1 N–H and O–H groups in total. The van der Waals surface area contributed by atoms with Crippen molar-refractivity contribution in [3.05, 3.63) is 65.3 Å². The van der Waals surface area contributed by atoms with Crippen LogP contribution in [-0.4, -0.2) is 10.8 Å². The molecule has 5 heteroatoms. The first kappa shape index (κ1) is 14.4. The molecule has 0 spiro atoms. The normalized spacial score (nSPS) is 10.5. The fraction of sp³-hybridized carbons (Fsp3) is 0.0588. The molecule has 0 saturated carbocycles. The van der Waals surface area contributed by atoms with Gasteiger partial charge in [0, 0.05) is 22.2 Å². The molecular weight excluding hydrogens is 299 g/mol. The quantitative estimate of drug-likeness (QED) is 0.697. The van der Waals surface area contributed by atoms with E-state index < -0.39 is 0 Å². The smallest absolute Gasteiger partial charge is 0.187 e. The summed E-state index contributed by atoms with van der Waals surface area (Å²) in [6.45, 7) is 1.53. The lowest BCUT2D eigenvalue weighted by atomic mass is 10.1. The van der Waals surface area contributed by atoms with Crippen LogP contribution in [0.15, 0.2) is 53.9 Å². The SMILES string of the molecule is CC(=O)c1ccc(Nc2nc(-c3ccccc3F)cs2)cc1. The maximum Gasteiger partial charge on any atom is 0.187 e. The predicted octanol–water partition coefficient (Wildman–Crippen LogP) is 4.90. The van der Waals surface area contributed by atoms with Gasteiger partial charge in [-0.15, -0.1) is 11.3 Å². The van der Waals surface area contributed by atoms with E-state index in [9.17, 15) is 9.18 Å². The molecule has 110 valence electrons. The van der Waals surface area contributed by atoms with Crippen molar-refractivity contribution in [3.8, 4) is 11.3 Å². The molecule has 0 aliphatic carbocycles. The Hall–Kier alpha value is -2.53. The summed E-state index contributed by atoms with van der Waals surface area (Å²) in [6, 6.07) is 13.7.